The van der Waals surface area contributed by atoms with Crippen molar-refractivity contribution in [2.75, 3.05) is 13.2 Å². The van der Waals surface area contributed by atoms with E-state index in [0.717, 1.165) is 19.4 Å². The van der Waals surface area contributed by atoms with Crippen LogP contribution in [0.3, 0.4) is 0 Å². The second-order valence-electron chi connectivity index (χ2n) is 4.90. The summed E-state index contributed by atoms with van der Waals surface area (Å²) in [4.78, 5) is 27.4. The zero-order valence-electron chi connectivity index (χ0n) is 12.2. The fourth-order valence-electron chi connectivity index (χ4n) is 1.92. The van der Waals surface area contributed by atoms with Crippen LogP contribution in [-0.4, -0.2) is 42.2 Å². The van der Waals surface area contributed by atoms with Gasteiger partial charge in [-0.2, -0.15) is 0 Å². The first-order valence-electron chi connectivity index (χ1n) is 7.02. The van der Waals surface area contributed by atoms with Gasteiger partial charge in [0, 0.05) is 6.61 Å². The predicted octanol–water partition coefficient (Wildman–Crippen LogP) is 1.08. The summed E-state index contributed by atoms with van der Waals surface area (Å²) in [5.41, 5.74) is 4.66. The van der Waals surface area contributed by atoms with Gasteiger partial charge in [0.15, 0.2) is 0 Å². The Morgan fingerprint density at radius 2 is 2.32 bits per heavy atom. The summed E-state index contributed by atoms with van der Waals surface area (Å²) in [6.45, 7) is 2.70. The molecule has 22 heavy (non-hydrogen) atoms. The van der Waals surface area contributed by atoms with Gasteiger partial charge in [-0.25, -0.2) is 4.98 Å². The van der Waals surface area contributed by atoms with Crippen LogP contribution in [0, 0.1) is 0 Å². The van der Waals surface area contributed by atoms with Crippen LogP contribution in [0.25, 0.3) is 0 Å². The summed E-state index contributed by atoms with van der Waals surface area (Å²) >= 11 is 5.70. The highest BCUT2D eigenvalue weighted by Gasteiger charge is 2.20. The summed E-state index contributed by atoms with van der Waals surface area (Å²) < 4.78 is 10.8. The molecule has 2 atom stereocenters. The molecular weight excluding hydrogens is 310 g/mol. The molecule has 1 aliphatic heterocycles. The van der Waals surface area contributed by atoms with E-state index in [1.165, 1.54) is 6.07 Å². The monoisotopic (exact) mass is 327 g/mol. The molecule has 0 aliphatic carbocycles. The minimum absolute atomic E-state index is 0.0421. The van der Waals surface area contributed by atoms with Crippen LogP contribution in [0.5, 0.6) is 0 Å². The van der Waals surface area contributed by atoms with Crippen molar-refractivity contribution >= 4 is 23.4 Å². The molecule has 0 saturated carbocycles. The van der Waals surface area contributed by atoms with Crippen molar-refractivity contribution in [2.24, 2.45) is 0 Å². The molecular formula is C14H18ClN3O4. The van der Waals surface area contributed by atoms with Crippen LogP contribution in [0.15, 0.2) is 18.2 Å². The smallest absolute Gasteiger partial charge is 0.288 e. The number of aromatic nitrogens is 1. The molecule has 0 spiro atoms. The first-order chi connectivity index (χ1) is 10.6. The molecule has 1 fully saturated rings. The average molecular weight is 328 g/mol. The topological polar surface area (TPSA) is 89.5 Å². The molecule has 8 heteroatoms. The highest BCUT2D eigenvalue weighted by Crippen LogP contribution is 2.12. The molecule has 1 aromatic heterocycles. The molecule has 2 N–H and O–H groups in total. The Hall–Kier alpha value is -1.70. The summed E-state index contributed by atoms with van der Waals surface area (Å²) in [5.74, 6) is -1.00. The Morgan fingerprint density at radius 1 is 1.50 bits per heavy atom. The van der Waals surface area contributed by atoms with Crippen LogP contribution in [0.1, 0.15) is 30.3 Å². The van der Waals surface area contributed by atoms with Crippen molar-refractivity contribution < 1.29 is 19.1 Å². The van der Waals surface area contributed by atoms with Gasteiger partial charge in [0.25, 0.3) is 11.8 Å². The Bertz CT molecular complexity index is 535. The number of carbonyl (C=O) groups excluding carboxylic acids is 2. The Labute approximate surface area is 133 Å². The van der Waals surface area contributed by atoms with Crippen LogP contribution in [0.4, 0.5) is 0 Å². The summed E-state index contributed by atoms with van der Waals surface area (Å²) in [7, 11) is 0. The maximum atomic E-state index is 11.8. The number of amides is 2. The molecule has 2 amide bonds. The zero-order chi connectivity index (χ0) is 15.9. The third-order valence-corrected chi connectivity index (χ3v) is 3.38. The third-order valence-electron chi connectivity index (χ3n) is 3.17. The van der Waals surface area contributed by atoms with E-state index in [2.05, 4.69) is 15.8 Å². The van der Waals surface area contributed by atoms with Gasteiger partial charge in [0.05, 0.1) is 12.7 Å². The van der Waals surface area contributed by atoms with Crippen molar-refractivity contribution in [1.82, 2.24) is 15.8 Å². The summed E-state index contributed by atoms with van der Waals surface area (Å²) in [6.07, 6.45) is 1.29. The van der Waals surface area contributed by atoms with Gasteiger partial charge in [-0.1, -0.05) is 17.7 Å². The number of carbonyl (C=O) groups is 2. The van der Waals surface area contributed by atoms with Gasteiger partial charge in [0.1, 0.15) is 17.0 Å². The largest absolute Gasteiger partial charge is 0.376 e. The second kappa shape index (κ2) is 8.07. The Morgan fingerprint density at radius 3 is 3.00 bits per heavy atom. The Kier molecular flexibility index (Phi) is 6.11. The lowest BCUT2D eigenvalue weighted by Crippen LogP contribution is -2.46. The molecule has 0 aromatic carbocycles. The van der Waals surface area contributed by atoms with Crippen molar-refractivity contribution in [1.29, 1.82) is 0 Å². The van der Waals surface area contributed by atoms with Crippen molar-refractivity contribution in [3.05, 3.63) is 29.0 Å². The summed E-state index contributed by atoms with van der Waals surface area (Å²) in [5, 5.41) is 0.201. The number of rotatable bonds is 5. The first kappa shape index (κ1) is 16.7. The van der Waals surface area contributed by atoms with E-state index in [-0.39, 0.29) is 17.0 Å². The number of halogens is 1. The van der Waals surface area contributed by atoms with Crippen molar-refractivity contribution in [3.63, 3.8) is 0 Å². The number of pyridine rings is 1. The number of ether oxygens (including phenoxy) is 2. The van der Waals surface area contributed by atoms with Gasteiger partial charge in [-0.15, -0.1) is 0 Å². The Balaban J connectivity index is 1.73. The van der Waals surface area contributed by atoms with E-state index >= 15 is 0 Å². The molecule has 2 rings (SSSR count). The van der Waals surface area contributed by atoms with Gasteiger partial charge < -0.3 is 9.47 Å². The molecule has 120 valence electrons. The molecule has 1 saturated heterocycles. The summed E-state index contributed by atoms with van der Waals surface area (Å²) in [6, 6.07) is 4.64. The molecule has 1 aliphatic rings. The van der Waals surface area contributed by atoms with Gasteiger partial charge in [0.2, 0.25) is 0 Å². The van der Waals surface area contributed by atoms with Gasteiger partial charge >= 0.3 is 0 Å². The minimum atomic E-state index is -0.697. The standard InChI is InChI=1S/C14H18ClN3O4/c1-9(22-8-10-4-3-7-21-10)13(19)17-18-14(20)11-5-2-6-12(15)16-11/h2,5-6,9-10H,3-4,7-8H2,1H3,(H,17,19)(H,18,20). The van der Waals surface area contributed by atoms with E-state index in [9.17, 15) is 9.59 Å². The highest BCUT2D eigenvalue weighted by atomic mass is 35.5. The van der Waals surface area contributed by atoms with Crippen molar-refractivity contribution in [3.8, 4) is 0 Å². The predicted molar refractivity (Wildman–Crippen MR) is 79.2 cm³/mol. The van der Waals surface area contributed by atoms with E-state index in [4.69, 9.17) is 21.1 Å². The first-order valence-corrected chi connectivity index (χ1v) is 7.40. The fourth-order valence-corrected chi connectivity index (χ4v) is 2.09. The molecule has 0 radical (unpaired) electrons. The lowest BCUT2D eigenvalue weighted by Gasteiger charge is -2.16. The maximum Gasteiger partial charge on any atom is 0.288 e. The molecule has 2 unspecified atom stereocenters. The third kappa shape index (κ3) is 4.94. The van der Waals surface area contributed by atoms with Crippen LogP contribution >= 0.6 is 11.6 Å². The number of nitrogens with zero attached hydrogens (tertiary/aromatic N) is 1. The SMILES string of the molecule is CC(OCC1CCCO1)C(=O)NNC(=O)c1cccc(Cl)n1. The van der Waals surface area contributed by atoms with Crippen molar-refractivity contribution in [2.45, 2.75) is 32.0 Å². The van der Waals surface area contributed by atoms with E-state index in [0.29, 0.717) is 6.61 Å². The second-order valence-corrected chi connectivity index (χ2v) is 5.29. The molecule has 1 aromatic rings. The number of hydrazine groups is 1. The molecule has 2 heterocycles. The lowest BCUT2D eigenvalue weighted by molar-refractivity contribution is -0.134. The molecule has 7 nitrogen and oxygen atoms in total. The maximum absolute atomic E-state index is 11.8. The zero-order valence-corrected chi connectivity index (χ0v) is 12.9. The van der Waals surface area contributed by atoms with Gasteiger partial charge in [-0.3, -0.25) is 20.4 Å². The highest BCUT2D eigenvalue weighted by molar-refractivity contribution is 6.29. The van der Waals surface area contributed by atoms with Gasteiger partial charge in [-0.05, 0) is 31.9 Å². The van der Waals surface area contributed by atoms with Crippen LogP contribution < -0.4 is 10.9 Å². The average Bonchev–Trinajstić information content (AvgIpc) is 3.03. The molecule has 0 bridgehead atoms. The quantitative estimate of drug-likeness (QED) is 0.624. The lowest BCUT2D eigenvalue weighted by atomic mass is 10.2. The van der Waals surface area contributed by atoms with E-state index in [1.54, 1.807) is 19.1 Å². The number of nitrogens with one attached hydrogen (secondary N) is 2. The number of hydrogen-bond donors (Lipinski definition) is 2. The minimum Gasteiger partial charge on any atom is -0.376 e. The van der Waals surface area contributed by atoms with E-state index < -0.39 is 17.9 Å². The normalized spacial score (nSPS) is 18.7. The fraction of sp³-hybridized carbons (Fsp3) is 0.500. The van der Waals surface area contributed by atoms with Crippen LogP contribution in [0.2, 0.25) is 5.15 Å². The van der Waals surface area contributed by atoms with E-state index in [1.807, 2.05) is 0 Å². The van der Waals surface area contributed by atoms with Crippen LogP contribution in [-0.2, 0) is 14.3 Å². The number of hydrogen-bond acceptors (Lipinski definition) is 5.